The molecule has 0 aromatic carbocycles. The maximum atomic E-state index is 12.9. The number of hydrogen-bond donors (Lipinski definition) is 1. The fourth-order valence-corrected chi connectivity index (χ4v) is 4.96. The Balaban J connectivity index is 2.12. The third-order valence-electron chi connectivity index (χ3n) is 4.15. The van der Waals surface area contributed by atoms with Crippen molar-refractivity contribution < 1.29 is 13.7 Å². The monoisotopic (exact) mass is 303 g/mol. The van der Waals surface area contributed by atoms with Crippen molar-refractivity contribution in [1.82, 2.24) is 5.32 Å². The standard InChI is InChI=1S/C15H29NO3S/c1-5-8-16-12-6-7-15(18-9-10-19-15)11-13(12)20(17)14(2,3)4/h12-13,16H,5-11H2,1-4H3. The van der Waals surface area contributed by atoms with Gasteiger partial charge in [0.2, 0.25) is 0 Å². The summed E-state index contributed by atoms with van der Waals surface area (Å²) in [6, 6.07) is 0.313. The van der Waals surface area contributed by atoms with Gasteiger partial charge in [0.05, 0.1) is 18.5 Å². The molecule has 0 radical (unpaired) electrons. The van der Waals surface area contributed by atoms with Crippen LogP contribution in [0.5, 0.6) is 0 Å². The summed E-state index contributed by atoms with van der Waals surface area (Å²) in [4.78, 5) is 0. The maximum absolute atomic E-state index is 12.9. The van der Waals surface area contributed by atoms with Gasteiger partial charge in [-0.15, -0.1) is 0 Å². The molecule has 4 nitrogen and oxygen atoms in total. The highest BCUT2D eigenvalue weighted by Crippen LogP contribution is 2.39. The lowest BCUT2D eigenvalue weighted by atomic mass is 9.89. The van der Waals surface area contributed by atoms with Crippen LogP contribution in [0, 0.1) is 0 Å². The Hall–Kier alpha value is 0.0300. The maximum Gasteiger partial charge on any atom is 0.169 e. The first kappa shape index (κ1) is 16.4. The predicted octanol–water partition coefficient (Wildman–Crippen LogP) is 2.20. The van der Waals surface area contributed by atoms with Gasteiger partial charge >= 0.3 is 0 Å². The summed E-state index contributed by atoms with van der Waals surface area (Å²) >= 11 is 0. The first-order valence-corrected chi connectivity index (χ1v) is 9.01. The predicted molar refractivity (Wildman–Crippen MR) is 82.3 cm³/mol. The molecule has 1 heterocycles. The fraction of sp³-hybridized carbons (Fsp3) is 1.00. The van der Waals surface area contributed by atoms with Crippen molar-refractivity contribution in [3.63, 3.8) is 0 Å². The Kier molecular flexibility index (Phi) is 5.27. The molecule has 0 amide bonds. The molecular weight excluding hydrogens is 274 g/mol. The van der Waals surface area contributed by atoms with Crippen molar-refractivity contribution in [1.29, 1.82) is 0 Å². The first-order valence-electron chi connectivity index (χ1n) is 7.80. The van der Waals surface area contributed by atoms with Crippen molar-refractivity contribution in [3.05, 3.63) is 0 Å². The minimum atomic E-state index is -0.902. The molecule has 1 aliphatic carbocycles. The van der Waals surface area contributed by atoms with E-state index in [1.807, 2.05) is 0 Å². The van der Waals surface area contributed by atoms with Crippen molar-refractivity contribution >= 4 is 10.8 Å². The van der Waals surface area contributed by atoms with E-state index in [1.165, 1.54) is 0 Å². The highest BCUT2D eigenvalue weighted by molar-refractivity contribution is 7.87. The van der Waals surface area contributed by atoms with E-state index in [2.05, 4.69) is 33.0 Å². The summed E-state index contributed by atoms with van der Waals surface area (Å²) < 4.78 is 24.4. The van der Waals surface area contributed by atoms with E-state index in [9.17, 15) is 4.21 Å². The molecule has 5 heteroatoms. The van der Waals surface area contributed by atoms with Gasteiger partial charge in [0.25, 0.3) is 0 Å². The molecule has 3 atom stereocenters. The molecule has 1 saturated carbocycles. The van der Waals surface area contributed by atoms with Crippen molar-refractivity contribution in [3.8, 4) is 0 Å². The van der Waals surface area contributed by atoms with E-state index in [4.69, 9.17) is 9.47 Å². The van der Waals surface area contributed by atoms with Crippen LogP contribution < -0.4 is 5.32 Å². The number of rotatable bonds is 4. The average molecular weight is 303 g/mol. The lowest BCUT2D eigenvalue weighted by Gasteiger charge is -2.42. The quantitative estimate of drug-likeness (QED) is 0.865. The van der Waals surface area contributed by atoms with Crippen LogP contribution in [0.25, 0.3) is 0 Å². The van der Waals surface area contributed by atoms with Gasteiger partial charge in [-0.25, -0.2) is 0 Å². The molecule has 20 heavy (non-hydrogen) atoms. The number of nitrogens with one attached hydrogen (secondary N) is 1. The average Bonchev–Trinajstić information content (AvgIpc) is 2.84. The van der Waals surface area contributed by atoms with E-state index in [-0.39, 0.29) is 10.00 Å². The zero-order chi connectivity index (χ0) is 14.8. The minimum absolute atomic E-state index is 0.105. The molecule has 1 saturated heterocycles. The van der Waals surface area contributed by atoms with Crippen LogP contribution in [0.2, 0.25) is 0 Å². The summed E-state index contributed by atoms with van der Waals surface area (Å²) in [6.45, 7) is 10.6. The first-order chi connectivity index (χ1) is 9.38. The second-order valence-corrected chi connectivity index (χ2v) is 9.28. The molecule has 0 aromatic rings. The molecule has 2 fully saturated rings. The van der Waals surface area contributed by atoms with Crippen LogP contribution in [0.4, 0.5) is 0 Å². The van der Waals surface area contributed by atoms with Crippen LogP contribution in [0.1, 0.15) is 53.4 Å². The smallest absolute Gasteiger partial charge is 0.169 e. The molecule has 1 aliphatic heterocycles. The Bertz CT molecular complexity index is 348. The summed E-state index contributed by atoms with van der Waals surface area (Å²) in [5.41, 5.74) is 0. The van der Waals surface area contributed by atoms with E-state index >= 15 is 0 Å². The van der Waals surface area contributed by atoms with E-state index < -0.39 is 16.6 Å². The Morgan fingerprint density at radius 1 is 1.30 bits per heavy atom. The molecule has 1 spiro atoms. The van der Waals surface area contributed by atoms with Gasteiger partial charge in [-0.1, -0.05) is 6.92 Å². The Morgan fingerprint density at radius 2 is 1.95 bits per heavy atom. The zero-order valence-electron chi connectivity index (χ0n) is 13.2. The Labute approximate surface area is 125 Å². The molecular formula is C15H29NO3S. The number of ether oxygens (including phenoxy) is 2. The van der Waals surface area contributed by atoms with Crippen molar-refractivity contribution in [2.75, 3.05) is 19.8 Å². The fourth-order valence-electron chi connectivity index (χ4n) is 3.11. The van der Waals surface area contributed by atoms with Gasteiger partial charge in [0.1, 0.15) is 0 Å². The highest BCUT2D eigenvalue weighted by atomic mass is 32.2. The van der Waals surface area contributed by atoms with Crippen LogP contribution in [0.15, 0.2) is 0 Å². The van der Waals surface area contributed by atoms with Gasteiger partial charge in [-0.05, 0) is 40.2 Å². The third-order valence-corrected chi connectivity index (χ3v) is 6.40. The largest absolute Gasteiger partial charge is 0.347 e. The molecule has 3 unspecified atom stereocenters. The normalized spacial score (nSPS) is 31.6. The lowest BCUT2D eigenvalue weighted by molar-refractivity contribution is -0.178. The van der Waals surface area contributed by atoms with Gasteiger partial charge in [-0.3, -0.25) is 4.21 Å². The van der Waals surface area contributed by atoms with Crippen molar-refractivity contribution in [2.45, 2.75) is 75.2 Å². The van der Waals surface area contributed by atoms with E-state index in [1.54, 1.807) is 0 Å². The SMILES string of the molecule is CCCNC1CCC2(CC1S(=O)C(C)(C)C)OCCO2. The molecule has 0 aromatic heterocycles. The Morgan fingerprint density at radius 3 is 2.50 bits per heavy atom. The second-order valence-electron chi connectivity index (χ2n) is 6.86. The summed E-state index contributed by atoms with van der Waals surface area (Å²) in [7, 11) is -0.902. The van der Waals surface area contributed by atoms with Crippen LogP contribution in [-0.4, -0.2) is 45.8 Å². The number of hydrogen-bond acceptors (Lipinski definition) is 4. The summed E-state index contributed by atoms with van der Waals surface area (Å²) in [5, 5.41) is 3.68. The lowest BCUT2D eigenvalue weighted by Crippen LogP contribution is -2.55. The van der Waals surface area contributed by atoms with Crippen molar-refractivity contribution in [2.24, 2.45) is 0 Å². The van der Waals surface area contributed by atoms with E-state index in [0.717, 1.165) is 32.2 Å². The van der Waals surface area contributed by atoms with Gasteiger partial charge in [0.15, 0.2) is 5.79 Å². The van der Waals surface area contributed by atoms with Gasteiger partial charge in [0, 0.05) is 34.4 Å². The minimum Gasteiger partial charge on any atom is -0.347 e. The van der Waals surface area contributed by atoms with E-state index in [0.29, 0.717) is 19.3 Å². The topological polar surface area (TPSA) is 47.6 Å². The molecule has 2 rings (SSSR count). The van der Waals surface area contributed by atoms with Gasteiger partial charge in [-0.2, -0.15) is 0 Å². The zero-order valence-corrected chi connectivity index (χ0v) is 14.1. The molecule has 0 bridgehead atoms. The van der Waals surface area contributed by atoms with Crippen LogP contribution >= 0.6 is 0 Å². The third kappa shape index (κ3) is 3.62. The van der Waals surface area contributed by atoms with Crippen LogP contribution in [-0.2, 0) is 20.3 Å². The summed E-state index contributed by atoms with van der Waals surface area (Å²) in [5.74, 6) is -0.462. The highest BCUT2D eigenvalue weighted by Gasteiger charge is 2.48. The second kappa shape index (κ2) is 6.42. The molecule has 1 N–H and O–H groups in total. The molecule has 118 valence electrons. The molecule has 2 aliphatic rings. The van der Waals surface area contributed by atoms with Crippen LogP contribution in [0.3, 0.4) is 0 Å². The summed E-state index contributed by atoms with van der Waals surface area (Å²) in [6.07, 6.45) is 3.74. The van der Waals surface area contributed by atoms with Gasteiger partial charge < -0.3 is 14.8 Å².